The molecule has 0 saturated heterocycles. The summed E-state index contributed by atoms with van der Waals surface area (Å²) in [5.41, 5.74) is 0. The van der Waals surface area contributed by atoms with Crippen molar-refractivity contribution in [3.05, 3.63) is 24.3 Å². The average Bonchev–Trinajstić information content (AvgIpc) is 2.80. The fraction of sp³-hybridized carbons (Fsp3) is 0.800. The van der Waals surface area contributed by atoms with E-state index < -0.39 is 6.10 Å². The molecule has 23 heavy (non-hydrogen) atoms. The predicted octanol–water partition coefficient (Wildman–Crippen LogP) is 3.98. The van der Waals surface area contributed by atoms with E-state index >= 15 is 0 Å². The molecule has 0 aromatic heterocycles. The Balaban J connectivity index is 2.40. The number of hydrogen-bond acceptors (Lipinski definition) is 3. The lowest BCUT2D eigenvalue weighted by Crippen LogP contribution is -2.21. The molecule has 0 aromatic carbocycles. The van der Waals surface area contributed by atoms with Crippen LogP contribution in [0.2, 0.25) is 0 Å². The second-order valence-electron chi connectivity index (χ2n) is 6.89. The third-order valence-corrected chi connectivity index (χ3v) is 5.03. The van der Waals surface area contributed by atoms with Gasteiger partial charge < -0.3 is 15.3 Å². The minimum atomic E-state index is -0.398. The Morgan fingerprint density at radius 3 is 2.00 bits per heavy atom. The second-order valence-corrected chi connectivity index (χ2v) is 6.89. The van der Waals surface area contributed by atoms with E-state index in [-0.39, 0.29) is 24.0 Å². The fourth-order valence-corrected chi connectivity index (χ4v) is 3.39. The first-order chi connectivity index (χ1) is 11.1. The summed E-state index contributed by atoms with van der Waals surface area (Å²) in [5.74, 6) is 0.307. The van der Waals surface area contributed by atoms with Crippen LogP contribution in [0, 0.1) is 11.8 Å². The van der Waals surface area contributed by atoms with Crippen LogP contribution in [0.15, 0.2) is 24.3 Å². The van der Waals surface area contributed by atoms with Gasteiger partial charge in [-0.15, -0.1) is 0 Å². The van der Waals surface area contributed by atoms with Crippen molar-refractivity contribution in [2.45, 2.75) is 89.9 Å². The zero-order chi connectivity index (χ0) is 17.1. The van der Waals surface area contributed by atoms with Crippen LogP contribution < -0.4 is 0 Å². The highest BCUT2D eigenvalue weighted by Crippen LogP contribution is 2.37. The second kappa shape index (κ2) is 11.8. The Bertz CT molecular complexity index is 351. The van der Waals surface area contributed by atoms with E-state index in [4.69, 9.17) is 0 Å². The van der Waals surface area contributed by atoms with E-state index in [1.54, 1.807) is 0 Å². The largest absolute Gasteiger partial charge is 0.393 e. The van der Waals surface area contributed by atoms with Crippen LogP contribution in [0.1, 0.15) is 71.6 Å². The number of hydrogen-bond donors (Lipinski definition) is 3. The van der Waals surface area contributed by atoms with Gasteiger partial charge in [-0.2, -0.15) is 0 Å². The van der Waals surface area contributed by atoms with Crippen molar-refractivity contribution in [3.8, 4) is 0 Å². The Labute approximate surface area is 142 Å². The highest BCUT2D eigenvalue weighted by atomic mass is 16.3. The van der Waals surface area contributed by atoms with Crippen molar-refractivity contribution < 1.29 is 15.3 Å². The van der Waals surface area contributed by atoms with Crippen LogP contribution in [-0.4, -0.2) is 33.6 Å². The van der Waals surface area contributed by atoms with Gasteiger partial charge in [0.15, 0.2) is 0 Å². The average molecular weight is 325 g/mol. The first-order valence-corrected chi connectivity index (χ1v) is 9.44. The van der Waals surface area contributed by atoms with Crippen molar-refractivity contribution in [2.75, 3.05) is 0 Å². The van der Waals surface area contributed by atoms with Gasteiger partial charge in [0.2, 0.25) is 0 Å². The maximum Gasteiger partial charge on any atom is 0.0599 e. The van der Waals surface area contributed by atoms with E-state index in [2.05, 4.69) is 31.2 Å². The molecule has 1 saturated carbocycles. The summed E-state index contributed by atoms with van der Waals surface area (Å²) in [6, 6.07) is 0. The zero-order valence-electron chi connectivity index (χ0n) is 14.9. The fourth-order valence-electron chi connectivity index (χ4n) is 3.39. The lowest BCUT2D eigenvalue weighted by Gasteiger charge is -2.21. The maximum absolute atomic E-state index is 10.2. The van der Waals surface area contributed by atoms with Gasteiger partial charge in [0.25, 0.3) is 0 Å². The van der Waals surface area contributed by atoms with Crippen LogP contribution in [0.25, 0.3) is 0 Å². The molecule has 3 N–H and O–H groups in total. The van der Waals surface area contributed by atoms with E-state index in [9.17, 15) is 15.3 Å². The molecule has 1 fully saturated rings. The summed E-state index contributed by atoms with van der Waals surface area (Å²) < 4.78 is 0. The highest BCUT2D eigenvalue weighted by Gasteiger charge is 2.39. The summed E-state index contributed by atoms with van der Waals surface area (Å²) in [6.45, 7) is 4.18. The number of aliphatic hydroxyl groups excluding tert-OH is 3. The summed E-state index contributed by atoms with van der Waals surface area (Å²) in [7, 11) is 0. The number of allylic oxidation sites excluding steroid dienone is 4. The first-order valence-electron chi connectivity index (χ1n) is 9.44. The molecule has 0 radical (unpaired) electrons. The van der Waals surface area contributed by atoms with Crippen LogP contribution in [-0.2, 0) is 0 Å². The van der Waals surface area contributed by atoms with Crippen LogP contribution in [0.5, 0.6) is 0 Å². The minimum Gasteiger partial charge on any atom is -0.393 e. The molecular weight excluding hydrogens is 288 g/mol. The van der Waals surface area contributed by atoms with E-state index in [0.29, 0.717) is 6.42 Å². The monoisotopic (exact) mass is 324 g/mol. The van der Waals surface area contributed by atoms with Gasteiger partial charge in [-0.1, -0.05) is 51.0 Å². The van der Waals surface area contributed by atoms with Gasteiger partial charge in [0, 0.05) is 0 Å². The zero-order valence-corrected chi connectivity index (χ0v) is 14.9. The van der Waals surface area contributed by atoms with E-state index in [1.165, 1.54) is 12.8 Å². The number of unbranched alkanes of at least 4 members (excludes halogenated alkanes) is 2. The molecule has 3 unspecified atom stereocenters. The smallest absolute Gasteiger partial charge is 0.0599 e. The third-order valence-electron chi connectivity index (χ3n) is 5.03. The van der Waals surface area contributed by atoms with E-state index in [1.807, 2.05) is 6.92 Å². The normalized spacial score (nSPS) is 29.8. The van der Waals surface area contributed by atoms with Gasteiger partial charge in [-0.05, 0) is 56.8 Å². The summed E-state index contributed by atoms with van der Waals surface area (Å²) >= 11 is 0. The molecule has 0 spiro atoms. The molecular formula is C20H36O3. The highest BCUT2D eigenvalue weighted by molar-refractivity contribution is 4.99. The molecule has 1 rings (SSSR count). The van der Waals surface area contributed by atoms with Crippen molar-refractivity contribution in [1.82, 2.24) is 0 Å². The van der Waals surface area contributed by atoms with Gasteiger partial charge in [-0.3, -0.25) is 0 Å². The van der Waals surface area contributed by atoms with Gasteiger partial charge in [0.05, 0.1) is 18.3 Å². The lowest BCUT2D eigenvalue weighted by atomic mass is 9.87. The van der Waals surface area contributed by atoms with Gasteiger partial charge in [0.1, 0.15) is 0 Å². The van der Waals surface area contributed by atoms with Crippen LogP contribution >= 0.6 is 0 Å². The van der Waals surface area contributed by atoms with Crippen molar-refractivity contribution in [2.24, 2.45) is 11.8 Å². The molecule has 0 aliphatic heterocycles. The molecule has 134 valence electrons. The van der Waals surface area contributed by atoms with Gasteiger partial charge in [-0.25, -0.2) is 0 Å². The van der Waals surface area contributed by atoms with Gasteiger partial charge >= 0.3 is 0 Å². The van der Waals surface area contributed by atoms with Crippen LogP contribution in [0.4, 0.5) is 0 Å². The van der Waals surface area contributed by atoms with Crippen LogP contribution in [0.3, 0.4) is 0 Å². The molecule has 3 heteroatoms. The summed E-state index contributed by atoms with van der Waals surface area (Å²) in [5, 5.41) is 29.9. The lowest BCUT2D eigenvalue weighted by molar-refractivity contribution is 0.118. The molecule has 3 nitrogen and oxygen atoms in total. The first kappa shape index (κ1) is 20.4. The molecule has 5 atom stereocenters. The minimum absolute atomic E-state index is 0.146. The Hall–Kier alpha value is -0.640. The van der Waals surface area contributed by atoms with Crippen molar-refractivity contribution in [1.29, 1.82) is 0 Å². The van der Waals surface area contributed by atoms with Crippen molar-refractivity contribution in [3.63, 3.8) is 0 Å². The Kier molecular flexibility index (Phi) is 10.5. The van der Waals surface area contributed by atoms with E-state index in [0.717, 1.165) is 38.5 Å². The standard InChI is InChI=1S/C20H36O3/c1-3-5-6-7-10-13-17-18(20(23)15-19(17)22)14-11-8-9-12-16(21)4-2/h7-8,10-11,16-23H,3-6,9,12-15H2,1-2H3/b10-7-,11-8+/t16?,17?,18?,19-,20+/m1/s1. The Morgan fingerprint density at radius 1 is 0.913 bits per heavy atom. The van der Waals surface area contributed by atoms with Crippen molar-refractivity contribution >= 4 is 0 Å². The number of aliphatic hydroxyl groups is 3. The molecule has 0 amide bonds. The SMILES string of the molecule is CCCC/C=C\CC1C(C/C=C/CCC(O)CC)[C@@H](O)C[C@H]1O. The molecule has 1 aliphatic carbocycles. The Morgan fingerprint density at radius 2 is 1.48 bits per heavy atom. The molecule has 0 bridgehead atoms. The molecule has 0 aromatic rings. The summed E-state index contributed by atoms with van der Waals surface area (Å²) in [6.07, 6.45) is 15.8. The predicted molar refractivity (Wildman–Crippen MR) is 96.2 cm³/mol. The topological polar surface area (TPSA) is 60.7 Å². The number of rotatable bonds is 11. The third kappa shape index (κ3) is 7.65. The molecule has 0 heterocycles. The summed E-state index contributed by atoms with van der Waals surface area (Å²) in [4.78, 5) is 0. The molecule has 1 aliphatic rings. The quantitative estimate of drug-likeness (QED) is 0.398. The maximum atomic E-state index is 10.2.